The van der Waals surface area contributed by atoms with Gasteiger partial charge in [0, 0.05) is 11.6 Å². The summed E-state index contributed by atoms with van der Waals surface area (Å²) in [7, 11) is -4.67. The Morgan fingerprint density at radius 1 is 0.947 bits per heavy atom. The molecule has 2 aliphatic rings. The molecule has 0 heterocycles. The van der Waals surface area contributed by atoms with E-state index in [2.05, 4.69) is 0 Å². The molecule has 0 aromatic carbocycles. The molecule has 0 aliphatic heterocycles. The molecule has 0 saturated heterocycles. The van der Waals surface area contributed by atoms with E-state index in [9.17, 15) is 0 Å². The Hall–Kier alpha value is -0.210. The van der Waals surface area contributed by atoms with E-state index in [0.717, 1.165) is 6.42 Å². The van der Waals surface area contributed by atoms with Gasteiger partial charge in [-0.05, 0) is 31.6 Å². The van der Waals surface area contributed by atoms with Gasteiger partial charge in [-0.1, -0.05) is 32.1 Å². The van der Waals surface area contributed by atoms with Crippen LogP contribution in [-0.4, -0.2) is 29.1 Å². The molecule has 0 amide bonds. The van der Waals surface area contributed by atoms with Crippen LogP contribution < -0.4 is 11.5 Å². The molecule has 0 aromatic rings. The third-order valence-corrected chi connectivity index (χ3v) is 4.43. The van der Waals surface area contributed by atoms with Crippen LogP contribution in [0.2, 0.25) is 0 Å². The zero-order chi connectivity index (χ0) is 14.5. The van der Waals surface area contributed by atoms with Crippen molar-refractivity contribution >= 4 is 10.4 Å². The molecule has 2 saturated carbocycles. The van der Waals surface area contributed by atoms with Gasteiger partial charge in [-0.2, -0.15) is 8.42 Å². The first kappa shape index (κ1) is 16.8. The lowest BCUT2D eigenvalue weighted by molar-refractivity contribution is 0.131. The second-order valence-electron chi connectivity index (χ2n) is 5.75. The van der Waals surface area contributed by atoms with Crippen molar-refractivity contribution in [1.29, 1.82) is 0 Å². The van der Waals surface area contributed by atoms with Crippen LogP contribution in [0, 0.1) is 5.92 Å². The summed E-state index contributed by atoms with van der Waals surface area (Å²) in [4.78, 5) is 0. The highest BCUT2D eigenvalue weighted by atomic mass is 32.3. The number of hydrogen-bond donors (Lipinski definition) is 4. The maximum Gasteiger partial charge on any atom is 0.394 e. The first-order chi connectivity index (χ1) is 8.73. The molecule has 2 rings (SSSR count). The van der Waals surface area contributed by atoms with E-state index in [1.54, 1.807) is 0 Å². The smallest absolute Gasteiger partial charge is 0.326 e. The van der Waals surface area contributed by atoms with E-state index < -0.39 is 10.4 Å². The van der Waals surface area contributed by atoms with Gasteiger partial charge in [-0.15, -0.1) is 0 Å². The molecule has 0 bridgehead atoms. The minimum absolute atomic E-state index is 0.0152. The van der Waals surface area contributed by atoms with Crippen LogP contribution in [0.5, 0.6) is 0 Å². The van der Waals surface area contributed by atoms with Crippen LogP contribution in [0.4, 0.5) is 0 Å². The molecular weight excluding hydrogens is 268 g/mol. The topological polar surface area (TPSA) is 127 Å². The summed E-state index contributed by atoms with van der Waals surface area (Å²) in [5.41, 5.74) is 12.8. The molecule has 19 heavy (non-hydrogen) atoms. The fourth-order valence-electron chi connectivity index (χ4n) is 3.40. The minimum atomic E-state index is -4.67. The highest BCUT2D eigenvalue weighted by Crippen LogP contribution is 2.39. The molecule has 0 radical (unpaired) electrons. The fraction of sp³-hybridized carbons (Fsp3) is 1.00. The molecule has 2 unspecified atom stereocenters. The van der Waals surface area contributed by atoms with Crippen LogP contribution in [0.3, 0.4) is 0 Å². The quantitative estimate of drug-likeness (QED) is 0.543. The van der Waals surface area contributed by atoms with E-state index in [-0.39, 0.29) is 11.6 Å². The lowest BCUT2D eigenvalue weighted by Crippen LogP contribution is -2.61. The van der Waals surface area contributed by atoms with Gasteiger partial charge in [0.15, 0.2) is 0 Å². The van der Waals surface area contributed by atoms with Crippen molar-refractivity contribution in [1.82, 2.24) is 0 Å². The second kappa shape index (κ2) is 6.99. The molecule has 114 valence electrons. The van der Waals surface area contributed by atoms with Crippen molar-refractivity contribution < 1.29 is 17.5 Å². The van der Waals surface area contributed by atoms with E-state index in [0.29, 0.717) is 5.92 Å². The average molecular weight is 294 g/mol. The number of rotatable bonds is 1. The van der Waals surface area contributed by atoms with Gasteiger partial charge in [0.05, 0.1) is 0 Å². The maximum atomic E-state index is 8.74. The van der Waals surface area contributed by atoms with Gasteiger partial charge in [0.2, 0.25) is 0 Å². The Morgan fingerprint density at radius 2 is 1.42 bits per heavy atom. The van der Waals surface area contributed by atoms with Crippen LogP contribution in [0.15, 0.2) is 0 Å². The SMILES string of the molecule is NC1CCCCC1(N)C1CCCCC1.O=S(=O)(O)O. The Labute approximate surface area is 115 Å². The predicted octanol–water partition coefficient (Wildman–Crippen LogP) is 1.51. The molecule has 2 aliphatic carbocycles. The summed E-state index contributed by atoms with van der Waals surface area (Å²) in [5.74, 6) is 0.714. The average Bonchev–Trinajstić information content (AvgIpc) is 2.32. The summed E-state index contributed by atoms with van der Waals surface area (Å²) in [6, 6.07) is 0.263. The molecular formula is C12H26N2O4S. The van der Waals surface area contributed by atoms with Crippen molar-refractivity contribution in [3.05, 3.63) is 0 Å². The van der Waals surface area contributed by atoms with E-state index >= 15 is 0 Å². The second-order valence-corrected chi connectivity index (χ2v) is 6.64. The minimum Gasteiger partial charge on any atom is -0.326 e. The van der Waals surface area contributed by atoms with Crippen LogP contribution >= 0.6 is 0 Å². The Kier molecular flexibility index (Phi) is 6.19. The molecule has 6 nitrogen and oxygen atoms in total. The van der Waals surface area contributed by atoms with E-state index in [1.807, 2.05) is 0 Å². The summed E-state index contributed by atoms with van der Waals surface area (Å²) < 4.78 is 31.6. The van der Waals surface area contributed by atoms with Crippen molar-refractivity contribution in [3.63, 3.8) is 0 Å². The fourth-order valence-corrected chi connectivity index (χ4v) is 3.40. The predicted molar refractivity (Wildman–Crippen MR) is 74.1 cm³/mol. The molecule has 0 aromatic heterocycles. The van der Waals surface area contributed by atoms with Crippen LogP contribution in [-0.2, 0) is 10.4 Å². The summed E-state index contributed by atoms with van der Waals surface area (Å²) in [6.07, 6.45) is 11.7. The maximum absolute atomic E-state index is 8.74. The van der Waals surface area contributed by atoms with Gasteiger partial charge in [-0.3, -0.25) is 9.11 Å². The Balaban J connectivity index is 0.000000312. The first-order valence-electron chi connectivity index (χ1n) is 6.98. The zero-order valence-corrected chi connectivity index (χ0v) is 12.1. The molecule has 2 fully saturated rings. The van der Waals surface area contributed by atoms with Gasteiger partial charge >= 0.3 is 10.4 Å². The summed E-state index contributed by atoms with van der Waals surface area (Å²) in [5, 5.41) is 0. The standard InChI is InChI=1S/C12H24N2.H2O4S/c13-11-8-4-5-9-12(11,14)10-6-2-1-3-7-10;1-5(2,3)4/h10-11H,1-9,13-14H2;(H2,1,2,3,4). The van der Waals surface area contributed by atoms with Gasteiger partial charge < -0.3 is 11.5 Å². The highest BCUT2D eigenvalue weighted by Gasteiger charge is 2.41. The van der Waals surface area contributed by atoms with Crippen molar-refractivity contribution in [2.75, 3.05) is 0 Å². The third-order valence-electron chi connectivity index (χ3n) is 4.43. The third kappa shape index (κ3) is 5.74. The largest absolute Gasteiger partial charge is 0.394 e. The zero-order valence-electron chi connectivity index (χ0n) is 11.3. The lowest BCUT2D eigenvalue weighted by atomic mass is 9.66. The van der Waals surface area contributed by atoms with Crippen LogP contribution in [0.25, 0.3) is 0 Å². The summed E-state index contributed by atoms with van der Waals surface area (Å²) in [6.45, 7) is 0. The lowest BCUT2D eigenvalue weighted by Gasteiger charge is -2.46. The first-order valence-corrected chi connectivity index (χ1v) is 8.37. The van der Waals surface area contributed by atoms with E-state index in [1.165, 1.54) is 51.4 Å². The number of nitrogens with two attached hydrogens (primary N) is 2. The van der Waals surface area contributed by atoms with Gasteiger partial charge in [0.1, 0.15) is 0 Å². The van der Waals surface area contributed by atoms with Crippen molar-refractivity contribution in [2.24, 2.45) is 17.4 Å². The normalized spacial score (nSPS) is 33.4. The van der Waals surface area contributed by atoms with Crippen LogP contribution in [0.1, 0.15) is 57.8 Å². The Morgan fingerprint density at radius 3 is 1.89 bits per heavy atom. The Bertz CT molecular complexity index is 360. The van der Waals surface area contributed by atoms with Gasteiger partial charge in [-0.25, -0.2) is 0 Å². The molecule has 0 spiro atoms. The number of hydrogen-bond acceptors (Lipinski definition) is 4. The van der Waals surface area contributed by atoms with Gasteiger partial charge in [0.25, 0.3) is 0 Å². The monoisotopic (exact) mass is 294 g/mol. The summed E-state index contributed by atoms with van der Waals surface area (Å²) >= 11 is 0. The van der Waals surface area contributed by atoms with E-state index in [4.69, 9.17) is 29.0 Å². The van der Waals surface area contributed by atoms with Crippen molar-refractivity contribution in [3.8, 4) is 0 Å². The molecule has 7 heteroatoms. The molecule has 6 N–H and O–H groups in total. The van der Waals surface area contributed by atoms with Crippen molar-refractivity contribution in [2.45, 2.75) is 69.4 Å². The molecule has 2 atom stereocenters. The highest BCUT2D eigenvalue weighted by molar-refractivity contribution is 7.79.